The van der Waals surface area contributed by atoms with E-state index in [0.29, 0.717) is 5.69 Å². The van der Waals surface area contributed by atoms with Gasteiger partial charge in [-0.25, -0.2) is 13.4 Å². The molecule has 3 rings (SSSR count). The first-order valence-electron chi connectivity index (χ1n) is 7.36. The quantitative estimate of drug-likeness (QED) is 0.799. The van der Waals surface area contributed by atoms with Gasteiger partial charge in [0.05, 0.1) is 17.1 Å². The largest absolute Gasteiger partial charge is 0.302 e. The Labute approximate surface area is 136 Å². The number of sulfonamides is 1. The van der Waals surface area contributed by atoms with Crippen LogP contribution in [0.5, 0.6) is 0 Å². The monoisotopic (exact) mass is 329 g/mol. The zero-order chi connectivity index (χ0) is 16.6. The lowest BCUT2D eigenvalue weighted by atomic mass is 10.1. The molecule has 0 saturated carbocycles. The first-order valence-corrected chi connectivity index (χ1v) is 9.01. The van der Waals surface area contributed by atoms with Gasteiger partial charge in [0.1, 0.15) is 5.65 Å². The lowest BCUT2D eigenvalue weighted by molar-refractivity contribution is 0.600. The summed E-state index contributed by atoms with van der Waals surface area (Å²) in [5.74, 6) is -0.0420. The van der Waals surface area contributed by atoms with Gasteiger partial charge in [0, 0.05) is 11.9 Å². The Hall–Kier alpha value is -2.34. The number of rotatable bonds is 4. The van der Waals surface area contributed by atoms with Crippen molar-refractivity contribution < 1.29 is 8.42 Å². The summed E-state index contributed by atoms with van der Waals surface area (Å²) in [7, 11) is -3.47. The van der Waals surface area contributed by atoms with Crippen molar-refractivity contribution in [1.82, 2.24) is 9.38 Å². The standard InChI is InChI=1S/C17H19N3O2S/c1-12-6-4-5-7-15(12)11-23(21,22)19-16-8-9-17-18-13(2)14(3)20(17)10-16/h4-10,19H,11H2,1-3H3. The lowest BCUT2D eigenvalue weighted by Crippen LogP contribution is -2.16. The van der Waals surface area contributed by atoms with Crippen molar-refractivity contribution in [1.29, 1.82) is 0 Å². The van der Waals surface area contributed by atoms with Crippen molar-refractivity contribution in [2.75, 3.05) is 4.72 Å². The lowest BCUT2D eigenvalue weighted by Gasteiger charge is -2.10. The van der Waals surface area contributed by atoms with Crippen LogP contribution in [-0.2, 0) is 15.8 Å². The highest BCUT2D eigenvalue weighted by Crippen LogP contribution is 2.18. The van der Waals surface area contributed by atoms with Crippen LogP contribution in [0.1, 0.15) is 22.5 Å². The third-order valence-electron chi connectivity index (χ3n) is 3.97. The number of benzene rings is 1. The molecule has 0 radical (unpaired) electrons. The van der Waals surface area contributed by atoms with Gasteiger partial charge in [0.25, 0.3) is 0 Å². The Morgan fingerprint density at radius 1 is 1.09 bits per heavy atom. The minimum Gasteiger partial charge on any atom is -0.302 e. The zero-order valence-corrected chi connectivity index (χ0v) is 14.2. The van der Waals surface area contributed by atoms with Crippen LogP contribution in [0.15, 0.2) is 42.6 Å². The summed E-state index contributed by atoms with van der Waals surface area (Å²) < 4.78 is 29.4. The molecule has 0 saturated heterocycles. The molecule has 2 aromatic heterocycles. The second-order valence-corrected chi connectivity index (χ2v) is 7.44. The summed E-state index contributed by atoms with van der Waals surface area (Å²) in [5, 5.41) is 0. The van der Waals surface area contributed by atoms with E-state index in [0.717, 1.165) is 28.2 Å². The second kappa shape index (κ2) is 5.70. The van der Waals surface area contributed by atoms with Gasteiger partial charge in [-0.15, -0.1) is 0 Å². The molecule has 0 unspecified atom stereocenters. The molecule has 0 aliphatic heterocycles. The molecule has 0 atom stereocenters. The summed E-state index contributed by atoms with van der Waals surface area (Å²) in [5.41, 5.74) is 5.04. The molecule has 23 heavy (non-hydrogen) atoms. The molecule has 1 N–H and O–H groups in total. The van der Waals surface area contributed by atoms with E-state index in [1.165, 1.54) is 0 Å². The van der Waals surface area contributed by atoms with Gasteiger partial charge >= 0.3 is 0 Å². The van der Waals surface area contributed by atoms with Gasteiger partial charge in [0.2, 0.25) is 10.0 Å². The number of hydrogen-bond acceptors (Lipinski definition) is 3. The molecule has 0 spiro atoms. The van der Waals surface area contributed by atoms with E-state index in [9.17, 15) is 8.42 Å². The number of aryl methyl sites for hydroxylation is 3. The zero-order valence-electron chi connectivity index (χ0n) is 13.4. The molecule has 5 nitrogen and oxygen atoms in total. The molecular formula is C17H19N3O2S. The first-order chi connectivity index (χ1) is 10.9. The van der Waals surface area contributed by atoms with Crippen molar-refractivity contribution in [3.05, 3.63) is 65.1 Å². The highest BCUT2D eigenvalue weighted by Gasteiger charge is 2.14. The molecule has 3 aromatic rings. The summed E-state index contributed by atoms with van der Waals surface area (Å²) in [6.07, 6.45) is 1.76. The maximum absolute atomic E-state index is 12.4. The average Bonchev–Trinajstić information content (AvgIpc) is 2.76. The number of nitrogens with one attached hydrogen (secondary N) is 1. The molecule has 1 aromatic carbocycles. The van der Waals surface area contributed by atoms with Crippen molar-refractivity contribution in [2.45, 2.75) is 26.5 Å². The topological polar surface area (TPSA) is 63.5 Å². The maximum Gasteiger partial charge on any atom is 0.236 e. The third-order valence-corrected chi connectivity index (χ3v) is 5.21. The highest BCUT2D eigenvalue weighted by atomic mass is 32.2. The van der Waals surface area contributed by atoms with Gasteiger partial charge in [-0.05, 0) is 44.0 Å². The predicted molar refractivity (Wildman–Crippen MR) is 92.1 cm³/mol. The third kappa shape index (κ3) is 3.22. The molecule has 0 aliphatic carbocycles. The Bertz CT molecular complexity index is 975. The van der Waals surface area contributed by atoms with E-state index in [1.54, 1.807) is 12.3 Å². The normalized spacial score (nSPS) is 11.8. The number of imidazole rings is 1. The fraction of sp³-hybridized carbons (Fsp3) is 0.235. The van der Waals surface area contributed by atoms with E-state index in [4.69, 9.17) is 0 Å². The summed E-state index contributed by atoms with van der Waals surface area (Å²) in [6, 6.07) is 11.0. The SMILES string of the molecule is Cc1ccccc1CS(=O)(=O)Nc1ccc2nc(C)c(C)n2c1. The molecule has 2 heterocycles. The number of pyridine rings is 1. The Morgan fingerprint density at radius 2 is 1.83 bits per heavy atom. The van der Waals surface area contributed by atoms with Crippen LogP contribution < -0.4 is 4.72 Å². The van der Waals surface area contributed by atoms with E-state index in [2.05, 4.69) is 9.71 Å². The van der Waals surface area contributed by atoms with Gasteiger partial charge in [-0.3, -0.25) is 4.72 Å². The van der Waals surface area contributed by atoms with E-state index in [-0.39, 0.29) is 5.75 Å². The highest BCUT2D eigenvalue weighted by molar-refractivity contribution is 7.91. The first kappa shape index (κ1) is 15.6. The van der Waals surface area contributed by atoms with Crippen LogP contribution in [0, 0.1) is 20.8 Å². The molecule has 0 fully saturated rings. The molecule has 0 amide bonds. The van der Waals surface area contributed by atoms with Crippen LogP contribution in [0.25, 0.3) is 5.65 Å². The van der Waals surface area contributed by atoms with Crippen molar-refractivity contribution in [3.8, 4) is 0 Å². The second-order valence-electron chi connectivity index (χ2n) is 5.72. The van der Waals surface area contributed by atoms with Gasteiger partial charge in [-0.1, -0.05) is 24.3 Å². The van der Waals surface area contributed by atoms with Crippen molar-refractivity contribution in [2.24, 2.45) is 0 Å². The van der Waals surface area contributed by atoms with Gasteiger partial charge < -0.3 is 4.40 Å². The van der Waals surface area contributed by atoms with Crippen molar-refractivity contribution >= 4 is 21.4 Å². The number of hydrogen-bond donors (Lipinski definition) is 1. The van der Waals surface area contributed by atoms with E-state index < -0.39 is 10.0 Å². The Balaban J connectivity index is 1.88. The van der Waals surface area contributed by atoms with Gasteiger partial charge in [0.15, 0.2) is 0 Å². The number of nitrogens with zero attached hydrogens (tertiary/aromatic N) is 2. The van der Waals surface area contributed by atoms with E-state index >= 15 is 0 Å². The number of aromatic nitrogens is 2. The van der Waals surface area contributed by atoms with Crippen molar-refractivity contribution in [3.63, 3.8) is 0 Å². The van der Waals surface area contributed by atoms with Crippen LogP contribution in [0.4, 0.5) is 5.69 Å². The molecule has 0 aliphatic rings. The van der Waals surface area contributed by atoms with Gasteiger partial charge in [-0.2, -0.15) is 0 Å². The summed E-state index contributed by atoms with van der Waals surface area (Å²) >= 11 is 0. The van der Waals surface area contributed by atoms with E-state index in [1.807, 2.05) is 55.5 Å². The minimum absolute atomic E-state index is 0.0420. The fourth-order valence-electron chi connectivity index (χ4n) is 2.53. The fourth-order valence-corrected chi connectivity index (χ4v) is 3.82. The number of anilines is 1. The maximum atomic E-state index is 12.4. The molecule has 6 heteroatoms. The predicted octanol–water partition coefficient (Wildman–Crippen LogP) is 3.20. The molecular weight excluding hydrogens is 310 g/mol. The molecule has 0 bridgehead atoms. The van der Waals surface area contributed by atoms with Crippen LogP contribution in [0.3, 0.4) is 0 Å². The average molecular weight is 329 g/mol. The Morgan fingerprint density at radius 3 is 2.57 bits per heavy atom. The van der Waals surface area contributed by atoms with Crippen LogP contribution in [0.2, 0.25) is 0 Å². The molecule has 120 valence electrons. The smallest absolute Gasteiger partial charge is 0.236 e. The van der Waals surface area contributed by atoms with Crippen LogP contribution in [-0.4, -0.2) is 17.8 Å². The summed E-state index contributed by atoms with van der Waals surface area (Å²) in [4.78, 5) is 4.42. The van der Waals surface area contributed by atoms with Crippen LogP contribution >= 0.6 is 0 Å². The summed E-state index contributed by atoms with van der Waals surface area (Å²) in [6.45, 7) is 5.81. The Kier molecular flexibility index (Phi) is 3.85. The number of fused-ring (bicyclic) bond motifs is 1. The minimum atomic E-state index is -3.47.